The van der Waals surface area contributed by atoms with Crippen molar-refractivity contribution in [2.75, 3.05) is 45.3 Å². The number of esters is 1. The minimum Gasteiger partial charge on any atom is -0.454 e. The van der Waals surface area contributed by atoms with Crippen LogP contribution in [0.15, 0.2) is 47.4 Å². The zero-order valence-corrected chi connectivity index (χ0v) is 20.5. The molecule has 3 aromatic rings. The number of sulfonamides is 1. The van der Waals surface area contributed by atoms with Gasteiger partial charge in [-0.2, -0.15) is 4.31 Å². The molecule has 1 aliphatic heterocycles. The number of nitrogens with zero attached hydrogens (tertiary/aromatic N) is 4. The summed E-state index contributed by atoms with van der Waals surface area (Å²) >= 11 is 0. The van der Waals surface area contributed by atoms with Gasteiger partial charge in [-0.25, -0.2) is 18.2 Å². The van der Waals surface area contributed by atoms with Crippen LogP contribution >= 0.6 is 0 Å². The van der Waals surface area contributed by atoms with E-state index < -0.39 is 16.0 Å². The van der Waals surface area contributed by atoms with Gasteiger partial charge >= 0.3 is 5.97 Å². The van der Waals surface area contributed by atoms with Crippen LogP contribution in [0, 0.1) is 0 Å². The summed E-state index contributed by atoms with van der Waals surface area (Å²) in [7, 11) is 0.242. The van der Waals surface area contributed by atoms with E-state index in [9.17, 15) is 13.2 Å². The third-order valence-corrected chi connectivity index (χ3v) is 7.70. The molecule has 0 atom stereocenters. The molecular weight excluding hydrogens is 456 g/mol. The van der Waals surface area contributed by atoms with Gasteiger partial charge in [0, 0.05) is 39.4 Å². The number of carbonyl (C=O) groups excluding carboxylic acids is 1. The van der Waals surface area contributed by atoms with Crippen molar-refractivity contribution in [3.63, 3.8) is 0 Å². The molecule has 0 unspecified atom stereocenters. The Kier molecular flexibility index (Phi) is 7.20. The predicted octanol–water partition coefficient (Wildman–Crippen LogP) is 2.89. The minimum absolute atomic E-state index is 0.00546. The van der Waals surface area contributed by atoms with Gasteiger partial charge in [0.15, 0.2) is 0 Å². The lowest BCUT2D eigenvalue weighted by molar-refractivity contribution is 0.0458. The molecule has 0 N–H and O–H groups in total. The fourth-order valence-corrected chi connectivity index (χ4v) is 5.38. The van der Waals surface area contributed by atoms with Crippen LogP contribution in [0.5, 0.6) is 0 Å². The van der Waals surface area contributed by atoms with Crippen molar-refractivity contribution in [2.45, 2.75) is 31.4 Å². The number of aryl methyl sites for hydroxylation is 1. The van der Waals surface area contributed by atoms with Gasteiger partial charge in [0.25, 0.3) is 0 Å². The maximum Gasteiger partial charge on any atom is 0.338 e. The average Bonchev–Trinajstić information content (AvgIpc) is 3.20. The number of fused-ring (bicyclic) bond motifs is 1. The van der Waals surface area contributed by atoms with Crippen molar-refractivity contribution in [3.05, 3.63) is 53.9 Å². The third-order valence-electron chi connectivity index (χ3n) is 5.81. The predicted molar refractivity (Wildman–Crippen MR) is 129 cm³/mol. The van der Waals surface area contributed by atoms with Crippen molar-refractivity contribution >= 4 is 32.7 Å². The van der Waals surface area contributed by atoms with Gasteiger partial charge in [-0.3, -0.25) is 0 Å². The largest absolute Gasteiger partial charge is 0.454 e. The summed E-state index contributed by atoms with van der Waals surface area (Å²) < 4.78 is 40.3. The van der Waals surface area contributed by atoms with Gasteiger partial charge in [0.2, 0.25) is 10.0 Å². The van der Waals surface area contributed by atoms with Crippen LogP contribution in [0.1, 0.15) is 29.5 Å². The van der Waals surface area contributed by atoms with Gasteiger partial charge in [-0.15, -0.1) is 0 Å². The fourth-order valence-electron chi connectivity index (χ4n) is 3.95. The SMILES string of the molecule is CCCn1c(COC(=O)c2ccc(N(C)C)cc2)nc2cc(S(=O)(=O)N3CCOCC3)ccc21. The average molecular weight is 487 g/mol. The molecule has 9 nitrogen and oxygen atoms in total. The second-order valence-electron chi connectivity index (χ2n) is 8.36. The topological polar surface area (TPSA) is 94.0 Å². The minimum atomic E-state index is -3.63. The van der Waals surface area contributed by atoms with Crippen LogP contribution in [0.25, 0.3) is 11.0 Å². The van der Waals surface area contributed by atoms with E-state index in [1.807, 2.05) is 42.6 Å². The lowest BCUT2D eigenvalue weighted by Gasteiger charge is -2.26. The van der Waals surface area contributed by atoms with Crippen LogP contribution in [0.4, 0.5) is 5.69 Å². The number of hydrogen-bond acceptors (Lipinski definition) is 7. The lowest BCUT2D eigenvalue weighted by Crippen LogP contribution is -2.40. The first-order valence-electron chi connectivity index (χ1n) is 11.3. The van der Waals surface area contributed by atoms with Gasteiger partial charge in [0.1, 0.15) is 12.4 Å². The Morgan fingerprint density at radius 1 is 1.12 bits per heavy atom. The number of morpholine rings is 1. The van der Waals surface area contributed by atoms with Gasteiger partial charge in [-0.1, -0.05) is 6.92 Å². The molecule has 0 aliphatic carbocycles. The number of imidazole rings is 1. The summed E-state index contributed by atoms with van der Waals surface area (Å²) in [6.07, 6.45) is 0.853. The summed E-state index contributed by atoms with van der Waals surface area (Å²) in [6.45, 7) is 4.17. The molecule has 0 bridgehead atoms. The van der Waals surface area contributed by atoms with E-state index in [0.717, 1.165) is 17.6 Å². The highest BCUT2D eigenvalue weighted by Crippen LogP contribution is 2.24. The number of rotatable bonds is 8. The molecule has 0 radical (unpaired) electrons. The summed E-state index contributed by atoms with van der Waals surface area (Å²) in [4.78, 5) is 19.4. The highest BCUT2D eigenvalue weighted by atomic mass is 32.2. The number of anilines is 1. The summed E-state index contributed by atoms with van der Waals surface area (Å²) in [6, 6.07) is 12.2. The normalized spacial score (nSPS) is 14.9. The smallest absolute Gasteiger partial charge is 0.338 e. The van der Waals surface area contributed by atoms with Crippen LogP contribution < -0.4 is 4.90 Å². The van der Waals surface area contributed by atoms with Crippen molar-refractivity contribution < 1.29 is 22.7 Å². The van der Waals surface area contributed by atoms with E-state index >= 15 is 0 Å². The number of carbonyl (C=O) groups is 1. The fraction of sp³-hybridized carbons (Fsp3) is 0.417. The number of ether oxygens (including phenoxy) is 2. The van der Waals surface area contributed by atoms with E-state index in [2.05, 4.69) is 4.98 Å². The molecule has 10 heteroatoms. The molecule has 1 saturated heterocycles. The molecule has 0 saturated carbocycles. The number of benzene rings is 2. The summed E-state index contributed by atoms with van der Waals surface area (Å²) in [5.74, 6) is 0.145. The Balaban J connectivity index is 1.57. The number of hydrogen-bond donors (Lipinski definition) is 0. The third kappa shape index (κ3) is 4.94. The van der Waals surface area contributed by atoms with Gasteiger partial charge in [-0.05, 0) is 48.9 Å². The monoisotopic (exact) mass is 486 g/mol. The van der Waals surface area contributed by atoms with Gasteiger partial charge in [0.05, 0.1) is 34.7 Å². The number of aromatic nitrogens is 2. The van der Waals surface area contributed by atoms with E-state index in [1.54, 1.807) is 30.3 Å². The van der Waals surface area contributed by atoms with Crippen LogP contribution in [0.2, 0.25) is 0 Å². The highest BCUT2D eigenvalue weighted by Gasteiger charge is 2.27. The first kappa shape index (κ1) is 24.2. The van der Waals surface area contributed by atoms with E-state index in [-0.39, 0.29) is 11.5 Å². The molecule has 0 amide bonds. The van der Waals surface area contributed by atoms with Crippen molar-refractivity contribution in [3.8, 4) is 0 Å². The molecule has 1 aromatic heterocycles. The summed E-state index contributed by atoms with van der Waals surface area (Å²) in [5.41, 5.74) is 2.82. The van der Waals surface area contributed by atoms with E-state index in [0.29, 0.717) is 49.8 Å². The molecular formula is C24H30N4O5S. The molecule has 0 spiro atoms. The van der Waals surface area contributed by atoms with Crippen molar-refractivity contribution in [1.29, 1.82) is 0 Å². The maximum absolute atomic E-state index is 13.0. The Morgan fingerprint density at radius 2 is 1.82 bits per heavy atom. The summed E-state index contributed by atoms with van der Waals surface area (Å²) in [5, 5.41) is 0. The Labute approximate surface area is 199 Å². The molecule has 1 fully saturated rings. The molecule has 182 valence electrons. The first-order valence-corrected chi connectivity index (χ1v) is 12.8. The Hall–Kier alpha value is -2.95. The van der Waals surface area contributed by atoms with Crippen molar-refractivity contribution in [2.24, 2.45) is 0 Å². The first-order chi connectivity index (χ1) is 16.3. The second kappa shape index (κ2) is 10.1. The van der Waals surface area contributed by atoms with E-state index in [1.165, 1.54) is 4.31 Å². The van der Waals surface area contributed by atoms with Crippen LogP contribution in [-0.2, 0) is 32.6 Å². The quantitative estimate of drug-likeness (QED) is 0.452. The van der Waals surface area contributed by atoms with Crippen LogP contribution in [-0.4, -0.2) is 68.6 Å². The van der Waals surface area contributed by atoms with Crippen molar-refractivity contribution in [1.82, 2.24) is 13.9 Å². The maximum atomic E-state index is 13.0. The second-order valence-corrected chi connectivity index (χ2v) is 10.3. The standard InChI is InChI=1S/C24H30N4O5S/c1-4-11-28-22-10-9-20(34(30,31)27-12-14-32-15-13-27)16-21(22)25-23(28)17-33-24(29)18-5-7-19(8-6-18)26(2)3/h5-10,16H,4,11-15,17H2,1-3H3. The van der Waals surface area contributed by atoms with E-state index in [4.69, 9.17) is 9.47 Å². The molecule has 2 heterocycles. The highest BCUT2D eigenvalue weighted by molar-refractivity contribution is 7.89. The molecule has 34 heavy (non-hydrogen) atoms. The zero-order chi connectivity index (χ0) is 24.3. The Bertz CT molecular complexity index is 1260. The van der Waals surface area contributed by atoms with Crippen LogP contribution in [0.3, 0.4) is 0 Å². The lowest BCUT2D eigenvalue weighted by atomic mass is 10.2. The molecule has 2 aromatic carbocycles. The molecule has 4 rings (SSSR count). The molecule has 1 aliphatic rings. The Morgan fingerprint density at radius 3 is 2.47 bits per heavy atom. The zero-order valence-electron chi connectivity index (χ0n) is 19.7. The van der Waals surface area contributed by atoms with Gasteiger partial charge < -0.3 is 18.9 Å².